The Morgan fingerprint density at radius 3 is 2.62 bits per heavy atom. The van der Waals surface area contributed by atoms with Gasteiger partial charge >= 0.3 is 0 Å². The van der Waals surface area contributed by atoms with E-state index in [1.807, 2.05) is 65.4 Å². The number of carbonyl (C=O) groups is 1. The number of hydrogen-bond acceptors (Lipinski definition) is 5. The van der Waals surface area contributed by atoms with Gasteiger partial charge in [-0.1, -0.05) is 53.7 Å². The van der Waals surface area contributed by atoms with Gasteiger partial charge in [-0.2, -0.15) is 0 Å². The van der Waals surface area contributed by atoms with Gasteiger partial charge < -0.3 is 19.5 Å². The van der Waals surface area contributed by atoms with Gasteiger partial charge in [0, 0.05) is 35.6 Å². The molecule has 1 amide bonds. The molecule has 2 heterocycles. The number of rotatable bonds is 8. The third kappa shape index (κ3) is 4.99. The fraction of sp³-hybridized carbons (Fsp3) is 0.148. The Balaban J connectivity index is 1.11. The topological polar surface area (TPSA) is 77.7 Å². The predicted octanol–water partition coefficient (Wildman–Crippen LogP) is 4.49. The van der Waals surface area contributed by atoms with E-state index in [9.17, 15) is 4.79 Å². The van der Waals surface area contributed by atoms with E-state index in [0.717, 1.165) is 28.3 Å². The summed E-state index contributed by atoms with van der Waals surface area (Å²) < 4.78 is 7.95. The van der Waals surface area contributed by atoms with E-state index in [0.29, 0.717) is 25.1 Å². The zero-order valence-corrected chi connectivity index (χ0v) is 18.5. The zero-order chi connectivity index (χ0) is 23.2. The standard InChI is InChI=1S/C27H24N4O3/c32-27(21-10-12-23(13-11-21)31-15-14-28-19-31)29-17-22-16-24(34-30-22)18-33-26-9-5-4-8-25(26)20-6-2-1-3-7-20/h1-15,19,24H,16-18H2,(H,29,32). The maximum atomic E-state index is 12.5. The normalized spacial score (nSPS) is 14.8. The number of aromatic nitrogens is 2. The minimum absolute atomic E-state index is 0.156. The molecule has 4 aromatic rings. The van der Waals surface area contributed by atoms with E-state index in [1.54, 1.807) is 24.7 Å². The highest BCUT2D eigenvalue weighted by atomic mass is 16.7. The van der Waals surface area contributed by atoms with Gasteiger partial charge in [0.2, 0.25) is 0 Å². The Bertz CT molecular complexity index is 1270. The first-order valence-corrected chi connectivity index (χ1v) is 11.1. The summed E-state index contributed by atoms with van der Waals surface area (Å²) in [5.41, 5.74) is 4.45. The molecule has 0 fully saturated rings. The molecule has 3 aromatic carbocycles. The Kier molecular flexibility index (Phi) is 6.34. The van der Waals surface area contributed by atoms with E-state index in [-0.39, 0.29) is 12.0 Å². The highest BCUT2D eigenvalue weighted by Gasteiger charge is 2.22. The Morgan fingerprint density at radius 1 is 1.03 bits per heavy atom. The van der Waals surface area contributed by atoms with Crippen molar-refractivity contribution in [3.8, 4) is 22.6 Å². The third-order valence-electron chi connectivity index (χ3n) is 5.58. The van der Waals surface area contributed by atoms with Crippen LogP contribution < -0.4 is 10.1 Å². The van der Waals surface area contributed by atoms with Crippen LogP contribution in [0.5, 0.6) is 5.75 Å². The van der Waals surface area contributed by atoms with Gasteiger partial charge in [0.1, 0.15) is 12.4 Å². The number of nitrogens with one attached hydrogen (secondary N) is 1. The fourth-order valence-electron chi connectivity index (χ4n) is 3.79. The van der Waals surface area contributed by atoms with E-state index in [4.69, 9.17) is 9.57 Å². The van der Waals surface area contributed by atoms with E-state index >= 15 is 0 Å². The number of oxime groups is 1. The van der Waals surface area contributed by atoms with Crippen LogP contribution in [0, 0.1) is 0 Å². The van der Waals surface area contributed by atoms with E-state index in [2.05, 4.69) is 27.6 Å². The summed E-state index contributed by atoms with van der Waals surface area (Å²) in [7, 11) is 0. The number of amides is 1. The van der Waals surface area contributed by atoms with Crippen LogP contribution in [0.1, 0.15) is 16.8 Å². The van der Waals surface area contributed by atoms with Crippen molar-refractivity contribution in [3.63, 3.8) is 0 Å². The maximum absolute atomic E-state index is 12.5. The molecule has 1 aromatic heterocycles. The molecule has 0 spiro atoms. The number of ether oxygens (including phenoxy) is 1. The molecular formula is C27H24N4O3. The number of benzene rings is 3. The van der Waals surface area contributed by atoms with Gasteiger partial charge in [0.05, 0.1) is 18.6 Å². The first-order chi connectivity index (χ1) is 16.8. The molecule has 1 atom stereocenters. The van der Waals surface area contributed by atoms with Crippen molar-refractivity contribution in [3.05, 3.63) is 103 Å². The van der Waals surface area contributed by atoms with Crippen molar-refractivity contribution < 1.29 is 14.4 Å². The lowest BCUT2D eigenvalue weighted by molar-refractivity contribution is 0.0472. The third-order valence-corrected chi connectivity index (χ3v) is 5.58. The first kappa shape index (κ1) is 21.5. The monoisotopic (exact) mass is 452 g/mol. The summed E-state index contributed by atoms with van der Waals surface area (Å²) >= 11 is 0. The molecule has 0 saturated carbocycles. The first-order valence-electron chi connectivity index (χ1n) is 11.1. The van der Waals surface area contributed by atoms with Crippen LogP contribution in [-0.4, -0.2) is 40.4 Å². The van der Waals surface area contributed by atoms with Crippen molar-refractivity contribution in [1.29, 1.82) is 0 Å². The molecule has 7 heteroatoms. The fourth-order valence-corrected chi connectivity index (χ4v) is 3.79. The summed E-state index contributed by atoms with van der Waals surface area (Å²) in [5.74, 6) is 0.648. The van der Waals surface area contributed by atoms with Gasteiger partial charge in [-0.05, 0) is 35.9 Å². The molecule has 0 saturated heterocycles. The maximum Gasteiger partial charge on any atom is 0.251 e. The highest BCUT2D eigenvalue weighted by molar-refractivity contribution is 5.98. The second kappa shape index (κ2) is 10.0. The number of hydrogen-bond donors (Lipinski definition) is 1. The Morgan fingerprint density at radius 2 is 1.82 bits per heavy atom. The molecule has 1 aliphatic rings. The average Bonchev–Trinajstić information content (AvgIpc) is 3.60. The quantitative estimate of drug-likeness (QED) is 0.427. The van der Waals surface area contributed by atoms with Gasteiger partial charge in [0.15, 0.2) is 6.10 Å². The molecule has 0 bridgehead atoms. The molecule has 1 unspecified atom stereocenters. The van der Waals surface area contributed by atoms with Crippen molar-refractivity contribution in [2.75, 3.05) is 13.2 Å². The number of imidazole rings is 1. The summed E-state index contributed by atoms with van der Waals surface area (Å²) in [4.78, 5) is 22.1. The van der Waals surface area contributed by atoms with Crippen molar-refractivity contribution in [1.82, 2.24) is 14.9 Å². The van der Waals surface area contributed by atoms with Gasteiger partial charge in [0.25, 0.3) is 5.91 Å². The Labute approximate surface area is 197 Å². The van der Waals surface area contributed by atoms with Crippen molar-refractivity contribution >= 4 is 11.6 Å². The van der Waals surface area contributed by atoms with Crippen LogP contribution in [0.25, 0.3) is 16.8 Å². The molecule has 7 nitrogen and oxygen atoms in total. The van der Waals surface area contributed by atoms with Crippen LogP contribution in [0.2, 0.25) is 0 Å². The van der Waals surface area contributed by atoms with Crippen molar-refractivity contribution in [2.24, 2.45) is 5.16 Å². The smallest absolute Gasteiger partial charge is 0.251 e. The highest BCUT2D eigenvalue weighted by Crippen LogP contribution is 2.30. The summed E-state index contributed by atoms with van der Waals surface area (Å²) in [6.45, 7) is 0.708. The van der Waals surface area contributed by atoms with Crippen molar-refractivity contribution in [2.45, 2.75) is 12.5 Å². The number of carbonyl (C=O) groups excluding carboxylic acids is 1. The van der Waals surface area contributed by atoms with E-state index < -0.39 is 0 Å². The molecule has 170 valence electrons. The summed E-state index contributed by atoms with van der Waals surface area (Å²) in [6.07, 6.45) is 5.70. The minimum atomic E-state index is -0.190. The lowest BCUT2D eigenvalue weighted by Crippen LogP contribution is -2.30. The molecular weight excluding hydrogens is 428 g/mol. The van der Waals surface area contributed by atoms with Crippen LogP contribution in [0.15, 0.2) is 103 Å². The molecule has 34 heavy (non-hydrogen) atoms. The lowest BCUT2D eigenvalue weighted by atomic mass is 10.0. The van der Waals surface area contributed by atoms with Crippen LogP contribution >= 0.6 is 0 Å². The second-order valence-corrected chi connectivity index (χ2v) is 7.96. The van der Waals surface area contributed by atoms with Crippen LogP contribution in [0.4, 0.5) is 0 Å². The van der Waals surface area contributed by atoms with Gasteiger partial charge in [-0.3, -0.25) is 4.79 Å². The Hall–Kier alpha value is -4.39. The van der Waals surface area contributed by atoms with Crippen LogP contribution in [-0.2, 0) is 4.84 Å². The summed E-state index contributed by atoms with van der Waals surface area (Å²) in [5, 5.41) is 7.05. The second-order valence-electron chi connectivity index (χ2n) is 7.96. The minimum Gasteiger partial charge on any atom is -0.489 e. The molecule has 1 aliphatic heterocycles. The molecule has 0 aliphatic carbocycles. The predicted molar refractivity (Wildman–Crippen MR) is 130 cm³/mol. The average molecular weight is 453 g/mol. The van der Waals surface area contributed by atoms with Gasteiger partial charge in [-0.15, -0.1) is 0 Å². The zero-order valence-electron chi connectivity index (χ0n) is 18.5. The SMILES string of the molecule is O=C(NCC1=NOC(COc2ccccc2-c2ccccc2)C1)c1ccc(-n2ccnc2)cc1. The van der Waals surface area contributed by atoms with Crippen LogP contribution in [0.3, 0.4) is 0 Å². The van der Waals surface area contributed by atoms with E-state index in [1.165, 1.54) is 0 Å². The number of nitrogens with zero attached hydrogens (tertiary/aromatic N) is 3. The largest absolute Gasteiger partial charge is 0.489 e. The van der Waals surface area contributed by atoms with Gasteiger partial charge in [-0.25, -0.2) is 4.98 Å². The molecule has 1 N–H and O–H groups in total. The summed E-state index contributed by atoms with van der Waals surface area (Å²) in [6, 6.07) is 25.4. The molecule has 0 radical (unpaired) electrons. The number of para-hydroxylation sites is 1. The molecule has 5 rings (SSSR count). The lowest BCUT2D eigenvalue weighted by Gasteiger charge is -2.14.